The molecule has 3 heteroatoms. The van der Waals surface area contributed by atoms with Crippen LogP contribution in [0.3, 0.4) is 0 Å². The van der Waals surface area contributed by atoms with Gasteiger partial charge in [-0.05, 0) is 41.9 Å². The van der Waals surface area contributed by atoms with E-state index in [2.05, 4.69) is 6.07 Å². The van der Waals surface area contributed by atoms with Crippen LogP contribution in [-0.2, 0) is 5.75 Å². The van der Waals surface area contributed by atoms with E-state index in [0.29, 0.717) is 0 Å². The second kappa shape index (κ2) is 4.13. The summed E-state index contributed by atoms with van der Waals surface area (Å²) in [7, 11) is 0. The zero-order valence-corrected chi connectivity index (χ0v) is 9.66. The van der Waals surface area contributed by atoms with Gasteiger partial charge in [0.15, 0.2) is 0 Å². The Morgan fingerprint density at radius 1 is 1.50 bits per heavy atom. The van der Waals surface area contributed by atoms with Crippen molar-refractivity contribution in [1.29, 1.82) is 0 Å². The zero-order chi connectivity index (χ0) is 10.1. The summed E-state index contributed by atoms with van der Waals surface area (Å²) in [5.41, 5.74) is 3.27. The maximum atomic E-state index is 9.92. The van der Waals surface area contributed by atoms with E-state index in [0.717, 1.165) is 39.6 Å². The predicted octanol–water partition coefficient (Wildman–Crippen LogP) is 3.32. The van der Waals surface area contributed by atoms with Crippen LogP contribution in [0.5, 0.6) is 0 Å². The monoisotopic (exact) mass is 228 g/mol. The predicted molar refractivity (Wildman–Crippen MR) is 61.9 cm³/mol. The standard InChI is InChI=1S/C11H13ClOS/c1-7-4-8-9(10(12)5-7)6-14-3-2-11(8)13/h4-5,11,13H,2-3,6H2,1H3/t11-/m0/s1. The number of benzene rings is 1. The number of rotatable bonds is 0. The molecule has 0 amide bonds. The summed E-state index contributed by atoms with van der Waals surface area (Å²) in [6.45, 7) is 2.01. The SMILES string of the molecule is Cc1cc(Cl)c2c(c1)[C@@H](O)CCSC2. The number of aryl methyl sites for hydroxylation is 1. The molecule has 0 saturated carbocycles. The summed E-state index contributed by atoms with van der Waals surface area (Å²) in [5, 5.41) is 10.7. The lowest BCUT2D eigenvalue weighted by molar-refractivity contribution is 0.175. The van der Waals surface area contributed by atoms with E-state index in [1.165, 1.54) is 0 Å². The summed E-state index contributed by atoms with van der Waals surface area (Å²) in [6, 6.07) is 4.02. The van der Waals surface area contributed by atoms with Crippen LogP contribution < -0.4 is 0 Å². The van der Waals surface area contributed by atoms with Gasteiger partial charge in [0, 0.05) is 10.8 Å². The van der Waals surface area contributed by atoms with Gasteiger partial charge in [-0.2, -0.15) is 11.8 Å². The molecule has 0 saturated heterocycles. The van der Waals surface area contributed by atoms with Crippen molar-refractivity contribution in [1.82, 2.24) is 0 Å². The smallest absolute Gasteiger partial charge is 0.0801 e. The van der Waals surface area contributed by atoms with Crippen molar-refractivity contribution >= 4 is 23.4 Å². The molecule has 1 nitrogen and oxygen atoms in total. The molecule has 1 aromatic carbocycles. The van der Waals surface area contributed by atoms with E-state index < -0.39 is 0 Å². The zero-order valence-electron chi connectivity index (χ0n) is 8.09. The summed E-state index contributed by atoms with van der Waals surface area (Å²) in [4.78, 5) is 0. The lowest BCUT2D eigenvalue weighted by Gasteiger charge is -2.13. The molecular weight excluding hydrogens is 216 g/mol. The molecule has 0 fully saturated rings. The first-order valence-electron chi connectivity index (χ1n) is 4.73. The van der Waals surface area contributed by atoms with Crippen molar-refractivity contribution in [2.75, 3.05) is 5.75 Å². The highest BCUT2D eigenvalue weighted by atomic mass is 35.5. The minimum absolute atomic E-state index is 0.336. The molecular formula is C11H13ClOS. The van der Waals surface area contributed by atoms with Crippen LogP contribution in [0.25, 0.3) is 0 Å². The van der Waals surface area contributed by atoms with Crippen LogP contribution in [0.1, 0.15) is 29.2 Å². The van der Waals surface area contributed by atoms with E-state index in [-0.39, 0.29) is 6.10 Å². The Bertz CT molecular complexity index is 351. The Balaban J connectivity index is 2.53. The van der Waals surface area contributed by atoms with Gasteiger partial charge in [-0.3, -0.25) is 0 Å². The van der Waals surface area contributed by atoms with Gasteiger partial charge in [-0.15, -0.1) is 0 Å². The normalized spacial score (nSPS) is 21.5. The molecule has 1 N–H and O–H groups in total. The molecule has 0 radical (unpaired) electrons. The topological polar surface area (TPSA) is 20.2 Å². The molecule has 1 aromatic rings. The van der Waals surface area contributed by atoms with Crippen LogP contribution in [0.4, 0.5) is 0 Å². The molecule has 76 valence electrons. The number of fused-ring (bicyclic) bond motifs is 1. The average Bonchev–Trinajstić information content (AvgIpc) is 2.29. The number of aliphatic hydroxyl groups excluding tert-OH is 1. The summed E-state index contributed by atoms with van der Waals surface area (Å²) >= 11 is 8.00. The third kappa shape index (κ3) is 1.92. The molecule has 14 heavy (non-hydrogen) atoms. The van der Waals surface area contributed by atoms with E-state index in [1.807, 2.05) is 24.8 Å². The Morgan fingerprint density at radius 3 is 3.07 bits per heavy atom. The van der Waals surface area contributed by atoms with Crippen LogP contribution >= 0.6 is 23.4 Å². The summed E-state index contributed by atoms with van der Waals surface area (Å²) < 4.78 is 0. The average molecular weight is 229 g/mol. The van der Waals surface area contributed by atoms with Crippen molar-refractivity contribution in [2.45, 2.75) is 25.2 Å². The molecule has 0 aromatic heterocycles. The molecule has 2 rings (SSSR count). The Morgan fingerprint density at radius 2 is 2.29 bits per heavy atom. The highest BCUT2D eigenvalue weighted by Gasteiger charge is 2.18. The van der Waals surface area contributed by atoms with Gasteiger partial charge in [0.05, 0.1) is 6.10 Å². The van der Waals surface area contributed by atoms with Crippen molar-refractivity contribution in [2.24, 2.45) is 0 Å². The Labute approximate surface area is 93.5 Å². The van der Waals surface area contributed by atoms with Crippen LogP contribution in [0.15, 0.2) is 12.1 Å². The molecule has 1 heterocycles. The van der Waals surface area contributed by atoms with E-state index in [9.17, 15) is 5.11 Å². The molecule has 0 bridgehead atoms. The number of thioether (sulfide) groups is 1. The lowest BCUT2D eigenvalue weighted by atomic mass is 9.99. The van der Waals surface area contributed by atoms with E-state index >= 15 is 0 Å². The highest BCUT2D eigenvalue weighted by Crippen LogP contribution is 2.35. The van der Waals surface area contributed by atoms with Crippen LogP contribution in [0, 0.1) is 6.92 Å². The maximum absolute atomic E-state index is 9.92. The van der Waals surface area contributed by atoms with Gasteiger partial charge in [0.2, 0.25) is 0 Å². The van der Waals surface area contributed by atoms with Crippen LogP contribution in [-0.4, -0.2) is 10.9 Å². The third-order valence-corrected chi connectivity index (χ3v) is 3.87. The van der Waals surface area contributed by atoms with Gasteiger partial charge in [0.25, 0.3) is 0 Å². The molecule has 1 atom stereocenters. The first-order chi connectivity index (χ1) is 6.68. The number of hydrogen-bond donors (Lipinski definition) is 1. The molecule has 1 aliphatic heterocycles. The van der Waals surface area contributed by atoms with Gasteiger partial charge in [0.1, 0.15) is 0 Å². The number of halogens is 1. The molecule has 0 spiro atoms. The fourth-order valence-electron chi connectivity index (χ4n) is 1.77. The minimum atomic E-state index is -0.336. The van der Waals surface area contributed by atoms with Crippen molar-refractivity contribution in [3.05, 3.63) is 33.8 Å². The highest BCUT2D eigenvalue weighted by molar-refractivity contribution is 7.98. The van der Waals surface area contributed by atoms with Crippen molar-refractivity contribution < 1.29 is 5.11 Å². The Hall–Kier alpha value is -0.180. The number of aliphatic hydroxyl groups is 1. The lowest BCUT2D eigenvalue weighted by Crippen LogP contribution is -2.00. The van der Waals surface area contributed by atoms with Crippen LogP contribution in [0.2, 0.25) is 5.02 Å². The van der Waals surface area contributed by atoms with Crippen molar-refractivity contribution in [3.63, 3.8) is 0 Å². The fraction of sp³-hybridized carbons (Fsp3) is 0.455. The number of hydrogen-bond acceptors (Lipinski definition) is 2. The maximum Gasteiger partial charge on any atom is 0.0801 e. The largest absolute Gasteiger partial charge is 0.388 e. The molecule has 0 unspecified atom stereocenters. The first kappa shape index (κ1) is 10.3. The second-order valence-electron chi connectivity index (χ2n) is 3.67. The molecule has 0 aliphatic carbocycles. The van der Waals surface area contributed by atoms with Gasteiger partial charge >= 0.3 is 0 Å². The van der Waals surface area contributed by atoms with Crippen molar-refractivity contribution in [3.8, 4) is 0 Å². The van der Waals surface area contributed by atoms with E-state index in [1.54, 1.807) is 0 Å². The minimum Gasteiger partial charge on any atom is -0.388 e. The molecule has 1 aliphatic rings. The van der Waals surface area contributed by atoms with Gasteiger partial charge < -0.3 is 5.11 Å². The van der Waals surface area contributed by atoms with E-state index in [4.69, 9.17) is 11.6 Å². The summed E-state index contributed by atoms with van der Waals surface area (Å²) in [6.07, 6.45) is 0.495. The quantitative estimate of drug-likeness (QED) is 0.735. The summed E-state index contributed by atoms with van der Waals surface area (Å²) in [5.74, 6) is 1.93. The van der Waals surface area contributed by atoms with Gasteiger partial charge in [-0.1, -0.05) is 17.7 Å². The third-order valence-electron chi connectivity index (χ3n) is 2.52. The fourth-order valence-corrected chi connectivity index (χ4v) is 3.26. The second-order valence-corrected chi connectivity index (χ2v) is 5.18. The van der Waals surface area contributed by atoms with Gasteiger partial charge in [-0.25, -0.2) is 0 Å². The Kier molecular flexibility index (Phi) is 3.05. The first-order valence-corrected chi connectivity index (χ1v) is 6.26.